The van der Waals surface area contributed by atoms with Crippen molar-refractivity contribution >= 4 is 36.7 Å². The third-order valence-electron chi connectivity index (χ3n) is 4.36. The molecule has 142 valence electrons. The number of hydrogen-bond donors (Lipinski definition) is 3. The number of hydrogen-bond acceptors (Lipinski definition) is 5. The number of nitrogens with one attached hydrogen (secondary N) is 3. The van der Waals surface area contributed by atoms with E-state index in [9.17, 15) is 21.6 Å². The molecule has 1 aromatic carbocycles. The molecule has 1 amide bonds. The summed E-state index contributed by atoms with van der Waals surface area (Å²) in [7, 11) is -6.96. The van der Waals surface area contributed by atoms with Gasteiger partial charge in [0.1, 0.15) is 0 Å². The number of H-pyrrole nitrogens is 1. The minimum absolute atomic E-state index is 0.185. The molecule has 0 bridgehead atoms. The first-order valence-electron chi connectivity index (χ1n) is 8.15. The predicted octanol–water partition coefficient (Wildman–Crippen LogP) is -0.0685. The Morgan fingerprint density at radius 3 is 2.65 bits per heavy atom. The number of amides is 1. The van der Waals surface area contributed by atoms with E-state index in [-0.39, 0.29) is 23.8 Å². The Labute approximate surface area is 152 Å². The van der Waals surface area contributed by atoms with Gasteiger partial charge in [-0.2, -0.15) is 0 Å². The van der Waals surface area contributed by atoms with Crippen LogP contribution < -0.4 is 10.0 Å². The first-order chi connectivity index (χ1) is 12.1. The molecule has 26 heavy (non-hydrogen) atoms. The maximum absolute atomic E-state index is 12.3. The number of para-hydroxylation sites is 1. The zero-order chi connectivity index (χ0) is 18.9. The summed E-state index contributed by atoms with van der Waals surface area (Å²) in [5.74, 6) is -0.885. The van der Waals surface area contributed by atoms with Crippen LogP contribution in [0.15, 0.2) is 30.5 Å². The van der Waals surface area contributed by atoms with Gasteiger partial charge in [-0.25, -0.2) is 21.6 Å². The van der Waals surface area contributed by atoms with E-state index in [0.717, 1.165) is 22.7 Å². The van der Waals surface area contributed by atoms with Gasteiger partial charge in [0.15, 0.2) is 9.84 Å². The van der Waals surface area contributed by atoms with Crippen LogP contribution in [0.5, 0.6) is 0 Å². The van der Waals surface area contributed by atoms with Gasteiger partial charge in [-0.1, -0.05) is 18.2 Å². The summed E-state index contributed by atoms with van der Waals surface area (Å²) < 4.78 is 48.8. The summed E-state index contributed by atoms with van der Waals surface area (Å²) >= 11 is 0. The van der Waals surface area contributed by atoms with E-state index < -0.39 is 31.9 Å². The van der Waals surface area contributed by atoms with Gasteiger partial charge in [0, 0.05) is 23.5 Å². The third kappa shape index (κ3) is 4.63. The molecule has 2 aromatic rings. The number of sulfone groups is 1. The topological polar surface area (TPSA) is 125 Å². The molecule has 0 aliphatic carbocycles. The Morgan fingerprint density at radius 2 is 1.92 bits per heavy atom. The molecule has 1 saturated heterocycles. The molecule has 0 spiro atoms. The van der Waals surface area contributed by atoms with Gasteiger partial charge < -0.3 is 10.3 Å². The standard InChI is InChI=1S/C16H21N3O5S2/c1-25(21,22)19-15-10-26(23,24)9-14(15)18-16(20)7-6-11-8-17-13-5-3-2-4-12(11)13/h2-5,8,14-15,17,19H,6-7,9-10H2,1H3,(H,18,20)/t14-,15-/m1/s1. The van der Waals surface area contributed by atoms with Crippen molar-refractivity contribution in [3.63, 3.8) is 0 Å². The SMILES string of the molecule is CS(=O)(=O)N[C@@H]1CS(=O)(=O)C[C@H]1NC(=O)CCc1c[nH]c2ccccc12. The fourth-order valence-corrected chi connectivity index (χ4v) is 6.01. The monoisotopic (exact) mass is 399 g/mol. The molecule has 0 unspecified atom stereocenters. The zero-order valence-corrected chi connectivity index (χ0v) is 15.9. The molecule has 2 atom stereocenters. The molecule has 0 saturated carbocycles. The van der Waals surface area contributed by atoms with E-state index in [0.29, 0.717) is 6.42 Å². The van der Waals surface area contributed by atoms with Crippen LogP contribution in [0, 0.1) is 0 Å². The Kier molecular flexibility index (Phi) is 5.09. The van der Waals surface area contributed by atoms with Crippen LogP contribution in [-0.2, 0) is 31.1 Å². The third-order valence-corrected chi connectivity index (χ3v) is 6.83. The Morgan fingerprint density at radius 1 is 1.23 bits per heavy atom. The van der Waals surface area contributed by atoms with Crippen molar-refractivity contribution in [3.05, 3.63) is 36.0 Å². The first kappa shape index (κ1) is 18.9. The average Bonchev–Trinajstić information content (AvgIpc) is 3.04. The minimum Gasteiger partial charge on any atom is -0.361 e. The van der Waals surface area contributed by atoms with Crippen molar-refractivity contribution < 1.29 is 21.6 Å². The van der Waals surface area contributed by atoms with Crippen LogP contribution in [0.25, 0.3) is 10.9 Å². The van der Waals surface area contributed by atoms with Crippen molar-refractivity contribution in [2.45, 2.75) is 24.9 Å². The maximum atomic E-state index is 12.3. The molecular weight excluding hydrogens is 378 g/mol. The molecule has 10 heteroatoms. The lowest BCUT2D eigenvalue weighted by Crippen LogP contribution is -2.50. The summed E-state index contributed by atoms with van der Waals surface area (Å²) in [6.07, 6.45) is 3.50. The zero-order valence-electron chi connectivity index (χ0n) is 14.2. The van der Waals surface area contributed by atoms with Gasteiger partial charge in [0.25, 0.3) is 0 Å². The highest BCUT2D eigenvalue weighted by Crippen LogP contribution is 2.19. The Bertz CT molecular complexity index is 1030. The molecule has 8 nitrogen and oxygen atoms in total. The smallest absolute Gasteiger partial charge is 0.220 e. The lowest BCUT2D eigenvalue weighted by molar-refractivity contribution is -0.121. The number of sulfonamides is 1. The van der Waals surface area contributed by atoms with E-state index in [4.69, 9.17) is 0 Å². The van der Waals surface area contributed by atoms with Crippen LogP contribution in [0.3, 0.4) is 0 Å². The fourth-order valence-electron chi connectivity index (χ4n) is 3.25. The second-order valence-corrected chi connectivity index (χ2v) is 10.5. The van der Waals surface area contributed by atoms with Crippen molar-refractivity contribution in [1.82, 2.24) is 15.0 Å². The number of aromatic amines is 1. The van der Waals surface area contributed by atoms with Crippen LogP contribution >= 0.6 is 0 Å². The molecule has 1 aromatic heterocycles. The second-order valence-electron chi connectivity index (χ2n) is 6.61. The van der Waals surface area contributed by atoms with Crippen molar-refractivity contribution in [2.75, 3.05) is 17.8 Å². The highest BCUT2D eigenvalue weighted by Gasteiger charge is 2.39. The highest BCUT2D eigenvalue weighted by atomic mass is 32.2. The summed E-state index contributed by atoms with van der Waals surface area (Å²) in [6, 6.07) is 6.16. The van der Waals surface area contributed by atoms with E-state index in [1.165, 1.54) is 0 Å². The molecule has 1 aliphatic rings. The number of benzene rings is 1. The Balaban J connectivity index is 1.63. The summed E-state index contributed by atoms with van der Waals surface area (Å²) in [5, 5.41) is 3.70. The van der Waals surface area contributed by atoms with Crippen LogP contribution in [-0.4, -0.2) is 57.6 Å². The highest BCUT2D eigenvalue weighted by molar-refractivity contribution is 7.92. The fraction of sp³-hybridized carbons (Fsp3) is 0.438. The van der Waals surface area contributed by atoms with E-state index in [1.807, 2.05) is 30.5 Å². The van der Waals surface area contributed by atoms with Gasteiger partial charge in [0.05, 0.1) is 29.8 Å². The molecular formula is C16H21N3O5S2. The second kappa shape index (κ2) is 7.01. The van der Waals surface area contributed by atoms with E-state index >= 15 is 0 Å². The molecule has 3 N–H and O–H groups in total. The largest absolute Gasteiger partial charge is 0.361 e. The quantitative estimate of drug-likeness (QED) is 0.627. The molecule has 1 fully saturated rings. The van der Waals surface area contributed by atoms with Crippen molar-refractivity contribution in [1.29, 1.82) is 0 Å². The normalized spacial score (nSPS) is 22.5. The maximum Gasteiger partial charge on any atom is 0.220 e. The minimum atomic E-state index is -3.57. The van der Waals surface area contributed by atoms with Crippen molar-refractivity contribution in [2.24, 2.45) is 0 Å². The Hall–Kier alpha value is -1.91. The van der Waals surface area contributed by atoms with E-state index in [2.05, 4.69) is 15.0 Å². The van der Waals surface area contributed by atoms with Gasteiger partial charge in [-0.3, -0.25) is 4.79 Å². The average molecular weight is 399 g/mol. The van der Waals surface area contributed by atoms with E-state index in [1.54, 1.807) is 0 Å². The molecule has 3 rings (SSSR count). The predicted molar refractivity (Wildman–Crippen MR) is 99.0 cm³/mol. The van der Waals surface area contributed by atoms with Gasteiger partial charge in [-0.15, -0.1) is 0 Å². The molecule has 0 radical (unpaired) electrons. The first-order valence-corrected chi connectivity index (χ1v) is 11.9. The molecule has 1 aliphatic heterocycles. The molecule has 2 heterocycles. The number of carbonyl (C=O) groups excluding carboxylic acids is 1. The number of rotatable bonds is 6. The number of aromatic nitrogens is 1. The van der Waals surface area contributed by atoms with Crippen LogP contribution in [0.2, 0.25) is 0 Å². The number of carbonyl (C=O) groups is 1. The van der Waals surface area contributed by atoms with Crippen LogP contribution in [0.1, 0.15) is 12.0 Å². The summed E-state index contributed by atoms with van der Waals surface area (Å²) in [6.45, 7) is 0. The summed E-state index contributed by atoms with van der Waals surface area (Å²) in [4.78, 5) is 15.4. The number of fused-ring (bicyclic) bond motifs is 1. The van der Waals surface area contributed by atoms with Crippen molar-refractivity contribution in [3.8, 4) is 0 Å². The van der Waals surface area contributed by atoms with Gasteiger partial charge in [0.2, 0.25) is 15.9 Å². The number of aryl methyl sites for hydroxylation is 1. The van der Waals surface area contributed by atoms with Gasteiger partial charge >= 0.3 is 0 Å². The lowest BCUT2D eigenvalue weighted by atomic mass is 10.1. The van der Waals surface area contributed by atoms with Crippen LogP contribution in [0.4, 0.5) is 0 Å². The van der Waals surface area contributed by atoms with Gasteiger partial charge in [-0.05, 0) is 18.1 Å². The summed E-state index contributed by atoms with van der Waals surface area (Å²) in [5.41, 5.74) is 1.99. The lowest BCUT2D eigenvalue weighted by Gasteiger charge is -2.19.